The van der Waals surface area contributed by atoms with Crippen LogP contribution in [0.2, 0.25) is 10.0 Å². The lowest BCUT2D eigenvalue weighted by Crippen LogP contribution is -2.49. The standard InChI is InChI=1S/C17H20Cl2N4O2/c18-14-3-1-4-15(19)16(14)25-12-13(24)11-22-7-9-23(10-8-22)17-20-5-2-6-21-17/h1-6,13,24H,7-12H2. The van der Waals surface area contributed by atoms with Crippen LogP contribution in [0.5, 0.6) is 5.75 Å². The average Bonchev–Trinajstić information content (AvgIpc) is 2.63. The zero-order chi connectivity index (χ0) is 17.6. The third kappa shape index (κ3) is 4.95. The topological polar surface area (TPSA) is 61.7 Å². The summed E-state index contributed by atoms with van der Waals surface area (Å²) in [6, 6.07) is 6.98. The number of piperazine rings is 1. The second kappa shape index (κ2) is 8.67. The van der Waals surface area contributed by atoms with Crippen molar-refractivity contribution >= 4 is 29.2 Å². The summed E-state index contributed by atoms with van der Waals surface area (Å²) in [5.41, 5.74) is 0. The first-order chi connectivity index (χ1) is 12.1. The molecule has 0 aliphatic carbocycles. The second-order valence-corrected chi connectivity index (χ2v) is 6.67. The van der Waals surface area contributed by atoms with E-state index < -0.39 is 6.10 Å². The predicted molar refractivity (Wildman–Crippen MR) is 98.6 cm³/mol. The molecule has 134 valence electrons. The molecule has 1 unspecified atom stereocenters. The fourth-order valence-corrected chi connectivity index (χ4v) is 3.24. The molecule has 1 aromatic heterocycles. The summed E-state index contributed by atoms with van der Waals surface area (Å²) >= 11 is 12.1. The average molecular weight is 383 g/mol. The normalized spacial score (nSPS) is 16.7. The molecule has 1 N–H and O–H groups in total. The molecule has 1 fully saturated rings. The Kier molecular flexibility index (Phi) is 6.31. The summed E-state index contributed by atoms with van der Waals surface area (Å²) in [6.45, 7) is 4.00. The van der Waals surface area contributed by atoms with Gasteiger partial charge in [-0.25, -0.2) is 9.97 Å². The van der Waals surface area contributed by atoms with E-state index >= 15 is 0 Å². The molecule has 2 heterocycles. The van der Waals surface area contributed by atoms with Gasteiger partial charge in [-0.2, -0.15) is 0 Å². The highest BCUT2D eigenvalue weighted by molar-refractivity contribution is 6.37. The van der Waals surface area contributed by atoms with Crippen molar-refractivity contribution < 1.29 is 9.84 Å². The van der Waals surface area contributed by atoms with Crippen LogP contribution >= 0.6 is 23.2 Å². The lowest BCUT2D eigenvalue weighted by molar-refractivity contribution is 0.0663. The molecule has 0 amide bonds. The molecule has 1 aliphatic heterocycles. The molecule has 3 rings (SSSR count). The highest BCUT2D eigenvalue weighted by atomic mass is 35.5. The Bertz CT molecular complexity index is 661. The number of halogens is 2. The number of ether oxygens (including phenoxy) is 1. The largest absolute Gasteiger partial charge is 0.488 e. The van der Waals surface area contributed by atoms with E-state index in [1.807, 2.05) is 0 Å². The highest BCUT2D eigenvalue weighted by Crippen LogP contribution is 2.32. The summed E-state index contributed by atoms with van der Waals surface area (Å²) < 4.78 is 5.59. The Morgan fingerprint density at radius 3 is 2.32 bits per heavy atom. The number of nitrogens with zero attached hydrogens (tertiary/aromatic N) is 4. The first-order valence-electron chi connectivity index (χ1n) is 8.12. The quantitative estimate of drug-likeness (QED) is 0.827. The van der Waals surface area contributed by atoms with Gasteiger partial charge in [0.05, 0.1) is 10.0 Å². The number of aromatic nitrogens is 2. The number of hydrogen-bond donors (Lipinski definition) is 1. The summed E-state index contributed by atoms with van der Waals surface area (Å²) in [5, 5.41) is 11.1. The smallest absolute Gasteiger partial charge is 0.225 e. The summed E-state index contributed by atoms with van der Waals surface area (Å²) in [6.07, 6.45) is 2.87. The van der Waals surface area contributed by atoms with Gasteiger partial charge in [0.15, 0.2) is 5.75 Å². The number of aliphatic hydroxyl groups is 1. The van der Waals surface area contributed by atoms with E-state index in [1.54, 1.807) is 36.7 Å². The summed E-state index contributed by atoms with van der Waals surface area (Å²) in [5.74, 6) is 1.16. The molecular formula is C17H20Cl2N4O2. The number of rotatable bonds is 6. The van der Waals surface area contributed by atoms with Gasteiger partial charge in [0.2, 0.25) is 5.95 Å². The van der Waals surface area contributed by atoms with Crippen molar-refractivity contribution in [3.05, 3.63) is 46.7 Å². The molecule has 1 atom stereocenters. The van der Waals surface area contributed by atoms with Gasteiger partial charge < -0.3 is 14.7 Å². The molecule has 25 heavy (non-hydrogen) atoms. The number of β-amino-alcohol motifs (C(OH)–C–C–N with tert-alkyl or cyclic N) is 1. The highest BCUT2D eigenvalue weighted by Gasteiger charge is 2.21. The second-order valence-electron chi connectivity index (χ2n) is 5.85. The minimum Gasteiger partial charge on any atom is -0.488 e. The van der Waals surface area contributed by atoms with Gasteiger partial charge in [-0.1, -0.05) is 29.3 Å². The summed E-state index contributed by atoms with van der Waals surface area (Å²) in [4.78, 5) is 12.9. The Labute approximate surface area is 157 Å². The van der Waals surface area contributed by atoms with E-state index in [-0.39, 0.29) is 6.61 Å². The molecule has 1 aliphatic rings. The minimum atomic E-state index is -0.619. The summed E-state index contributed by atoms with van der Waals surface area (Å²) in [7, 11) is 0. The molecule has 0 radical (unpaired) electrons. The maximum atomic E-state index is 10.2. The molecule has 2 aromatic rings. The number of aliphatic hydroxyl groups excluding tert-OH is 1. The van der Waals surface area contributed by atoms with Crippen LogP contribution in [0, 0.1) is 0 Å². The van der Waals surface area contributed by atoms with E-state index in [2.05, 4.69) is 19.8 Å². The number of anilines is 1. The molecule has 1 saturated heterocycles. The van der Waals surface area contributed by atoms with Gasteiger partial charge >= 0.3 is 0 Å². The van der Waals surface area contributed by atoms with Gasteiger partial charge in [-0.15, -0.1) is 0 Å². The van der Waals surface area contributed by atoms with Crippen LogP contribution in [0.3, 0.4) is 0 Å². The fourth-order valence-electron chi connectivity index (χ4n) is 2.74. The maximum Gasteiger partial charge on any atom is 0.225 e. The molecular weight excluding hydrogens is 363 g/mol. The lowest BCUT2D eigenvalue weighted by atomic mass is 10.2. The zero-order valence-electron chi connectivity index (χ0n) is 13.7. The van der Waals surface area contributed by atoms with Crippen LogP contribution in [-0.2, 0) is 0 Å². The van der Waals surface area contributed by atoms with Crippen LogP contribution < -0.4 is 9.64 Å². The third-order valence-electron chi connectivity index (χ3n) is 4.02. The first-order valence-corrected chi connectivity index (χ1v) is 8.88. The molecule has 0 bridgehead atoms. The predicted octanol–water partition coefficient (Wildman–Crippen LogP) is 2.35. The van der Waals surface area contributed by atoms with E-state index in [9.17, 15) is 5.11 Å². The third-order valence-corrected chi connectivity index (χ3v) is 4.61. The van der Waals surface area contributed by atoms with Crippen molar-refractivity contribution in [3.8, 4) is 5.75 Å². The van der Waals surface area contributed by atoms with Crippen LogP contribution in [0.25, 0.3) is 0 Å². The number of hydrogen-bond acceptors (Lipinski definition) is 6. The van der Waals surface area contributed by atoms with Crippen molar-refractivity contribution in [2.45, 2.75) is 6.10 Å². The fraction of sp³-hybridized carbons (Fsp3) is 0.412. The van der Waals surface area contributed by atoms with Gasteiger partial charge in [-0.05, 0) is 18.2 Å². The minimum absolute atomic E-state index is 0.144. The van der Waals surface area contributed by atoms with Crippen molar-refractivity contribution in [3.63, 3.8) is 0 Å². The van der Waals surface area contributed by atoms with Crippen molar-refractivity contribution in [2.75, 3.05) is 44.2 Å². The van der Waals surface area contributed by atoms with Crippen LogP contribution in [0.15, 0.2) is 36.7 Å². The number of benzene rings is 1. The van der Waals surface area contributed by atoms with Crippen LogP contribution in [0.1, 0.15) is 0 Å². The molecule has 6 nitrogen and oxygen atoms in total. The van der Waals surface area contributed by atoms with Gasteiger partial charge in [0.1, 0.15) is 12.7 Å². The van der Waals surface area contributed by atoms with Gasteiger partial charge in [0.25, 0.3) is 0 Å². The molecule has 0 spiro atoms. The van der Waals surface area contributed by atoms with E-state index in [1.165, 1.54) is 0 Å². The Morgan fingerprint density at radius 2 is 1.68 bits per heavy atom. The monoisotopic (exact) mass is 382 g/mol. The first kappa shape index (κ1) is 18.2. The van der Waals surface area contributed by atoms with Crippen molar-refractivity contribution in [1.82, 2.24) is 14.9 Å². The van der Waals surface area contributed by atoms with Crippen LogP contribution in [0.4, 0.5) is 5.95 Å². The van der Waals surface area contributed by atoms with Crippen LogP contribution in [-0.4, -0.2) is 65.4 Å². The zero-order valence-corrected chi connectivity index (χ0v) is 15.2. The number of para-hydroxylation sites is 1. The van der Waals surface area contributed by atoms with Crippen molar-refractivity contribution in [1.29, 1.82) is 0 Å². The Balaban J connectivity index is 1.44. The Morgan fingerprint density at radius 1 is 1.04 bits per heavy atom. The molecule has 0 saturated carbocycles. The van der Waals surface area contributed by atoms with E-state index in [4.69, 9.17) is 27.9 Å². The SMILES string of the molecule is OC(COc1c(Cl)cccc1Cl)CN1CCN(c2ncccn2)CC1. The van der Waals surface area contributed by atoms with E-state index in [0.29, 0.717) is 22.3 Å². The van der Waals surface area contributed by atoms with Gasteiger partial charge in [0, 0.05) is 45.1 Å². The maximum absolute atomic E-state index is 10.2. The Hall–Kier alpha value is -1.60. The van der Waals surface area contributed by atoms with Gasteiger partial charge in [-0.3, -0.25) is 4.90 Å². The van der Waals surface area contributed by atoms with Crippen molar-refractivity contribution in [2.24, 2.45) is 0 Å². The molecule has 8 heteroatoms. The molecule has 1 aromatic carbocycles. The van der Waals surface area contributed by atoms with E-state index in [0.717, 1.165) is 32.1 Å². The lowest BCUT2D eigenvalue weighted by Gasteiger charge is -2.35.